The standard InChI is InChI=1S/C13H18N4/c1-10-12(9-14)13(17(2)16-10)15-8-7-11-5-3-4-6-11/h5,15H,3-4,6-8H2,1-2H3. The van der Waals surface area contributed by atoms with Crippen molar-refractivity contribution in [2.24, 2.45) is 7.05 Å². The first kappa shape index (κ1) is 11.7. The molecule has 0 radical (unpaired) electrons. The molecule has 2 rings (SSSR count). The van der Waals surface area contributed by atoms with Gasteiger partial charge in [-0.3, -0.25) is 4.68 Å². The molecule has 4 heteroatoms. The number of nitrogens with one attached hydrogen (secondary N) is 1. The Morgan fingerprint density at radius 2 is 2.41 bits per heavy atom. The van der Waals surface area contributed by atoms with Crippen LogP contribution in [-0.2, 0) is 7.05 Å². The Bertz CT molecular complexity index is 476. The summed E-state index contributed by atoms with van der Waals surface area (Å²) in [7, 11) is 1.87. The van der Waals surface area contributed by atoms with Gasteiger partial charge in [0.25, 0.3) is 0 Å². The monoisotopic (exact) mass is 230 g/mol. The van der Waals surface area contributed by atoms with Crippen molar-refractivity contribution >= 4 is 5.82 Å². The summed E-state index contributed by atoms with van der Waals surface area (Å²) in [6.45, 7) is 2.74. The van der Waals surface area contributed by atoms with E-state index in [4.69, 9.17) is 5.26 Å². The van der Waals surface area contributed by atoms with E-state index in [9.17, 15) is 0 Å². The summed E-state index contributed by atoms with van der Waals surface area (Å²) in [6.07, 6.45) is 7.15. The smallest absolute Gasteiger partial charge is 0.142 e. The Morgan fingerprint density at radius 1 is 1.59 bits per heavy atom. The molecule has 0 aliphatic heterocycles. The van der Waals surface area contributed by atoms with Crippen LogP contribution in [0.15, 0.2) is 11.6 Å². The molecule has 0 spiro atoms. The Morgan fingerprint density at radius 3 is 3.06 bits per heavy atom. The molecule has 0 saturated carbocycles. The largest absolute Gasteiger partial charge is 0.369 e. The molecule has 1 heterocycles. The summed E-state index contributed by atoms with van der Waals surface area (Å²) < 4.78 is 1.75. The summed E-state index contributed by atoms with van der Waals surface area (Å²) in [5, 5.41) is 16.6. The molecule has 4 nitrogen and oxygen atoms in total. The zero-order chi connectivity index (χ0) is 12.3. The Kier molecular flexibility index (Phi) is 3.48. The van der Waals surface area contributed by atoms with Crippen molar-refractivity contribution in [2.45, 2.75) is 32.6 Å². The van der Waals surface area contributed by atoms with Gasteiger partial charge in [0.15, 0.2) is 0 Å². The Hall–Kier alpha value is -1.76. The van der Waals surface area contributed by atoms with Crippen LogP contribution in [0.25, 0.3) is 0 Å². The summed E-state index contributed by atoms with van der Waals surface area (Å²) in [5.41, 5.74) is 2.99. The normalized spacial score (nSPS) is 14.5. The zero-order valence-electron chi connectivity index (χ0n) is 10.5. The Labute approximate surface area is 102 Å². The number of hydrogen-bond acceptors (Lipinski definition) is 3. The fourth-order valence-corrected chi connectivity index (χ4v) is 2.30. The summed E-state index contributed by atoms with van der Waals surface area (Å²) in [4.78, 5) is 0. The molecule has 0 atom stereocenters. The van der Waals surface area contributed by atoms with Crippen LogP contribution in [-0.4, -0.2) is 16.3 Å². The highest BCUT2D eigenvalue weighted by molar-refractivity contribution is 5.54. The van der Waals surface area contributed by atoms with Crippen molar-refractivity contribution in [1.82, 2.24) is 9.78 Å². The third-order valence-corrected chi connectivity index (χ3v) is 3.21. The summed E-state index contributed by atoms with van der Waals surface area (Å²) in [5.74, 6) is 0.837. The number of rotatable bonds is 4. The van der Waals surface area contributed by atoms with Crippen molar-refractivity contribution in [2.75, 3.05) is 11.9 Å². The van der Waals surface area contributed by atoms with Crippen LogP contribution in [0, 0.1) is 18.3 Å². The summed E-state index contributed by atoms with van der Waals surface area (Å²) >= 11 is 0. The second kappa shape index (κ2) is 5.05. The van der Waals surface area contributed by atoms with Gasteiger partial charge in [-0.25, -0.2) is 0 Å². The van der Waals surface area contributed by atoms with Gasteiger partial charge >= 0.3 is 0 Å². The number of aromatic nitrogens is 2. The van der Waals surface area contributed by atoms with Gasteiger partial charge in [0, 0.05) is 13.6 Å². The molecule has 0 bridgehead atoms. The van der Waals surface area contributed by atoms with Gasteiger partial charge in [-0.15, -0.1) is 0 Å². The average molecular weight is 230 g/mol. The molecule has 0 unspecified atom stereocenters. The van der Waals surface area contributed by atoms with Crippen LogP contribution in [0.2, 0.25) is 0 Å². The number of hydrogen-bond donors (Lipinski definition) is 1. The number of aryl methyl sites for hydroxylation is 2. The molecule has 17 heavy (non-hydrogen) atoms. The molecule has 0 fully saturated rings. The second-order valence-electron chi connectivity index (χ2n) is 4.48. The molecule has 1 aromatic heterocycles. The lowest BCUT2D eigenvalue weighted by atomic mass is 10.1. The van der Waals surface area contributed by atoms with Crippen molar-refractivity contribution in [3.8, 4) is 6.07 Å². The van der Waals surface area contributed by atoms with Crippen LogP contribution in [0.1, 0.15) is 36.9 Å². The predicted octanol–water partition coefficient (Wildman–Crippen LogP) is 2.51. The molecular formula is C13H18N4. The van der Waals surface area contributed by atoms with E-state index >= 15 is 0 Å². The third kappa shape index (κ3) is 2.50. The predicted molar refractivity (Wildman–Crippen MR) is 67.7 cm³/mol. The van der Waals surface area contributed by atoms with Crippen LogP contribution in [0.3, 0.4) is 0 Å². The lowest BCUT2D eigenvalue weighted by Gasteiger charge is -2.07. The van der Waals surface area contributed by atoms with E-state index in [1.54, 1.807) is 4.68 Å². The van der Waals surface area contributed by atoms with E-state index in [0.717, 1.165) is 24.5 Å². The highest BCUT2D eigenvalue weighted by Crippen LogP contribution is 2.21. The van der Waals surface area contributed by atoms with E-state index in [0.29, 0.717) is 5.56 Å². The van der Waals surface area contributed by atoms with Crippen molar-refractivity contribution in [3.05, 3.63) is 22.9 Å². The van der Waals surface area contributed by atoms with Gasteiger partial charge in [0.1, 0.15) is 17.5 Å². The topological polar surface area (TPSA) is 53.6 Å². The molecule has 1 aliphatic carbocycles. The van der Waals surface area contributed by atoms with Crippen LogP contribution < -0.4 is 5.32 Å². The van der Waals surface area contributed by atoms with Gasteiger partial charge < -0.3 is 5.32 Å². The van der Waals surface area contributed by atoms with E-state index < -0.39 is 0 Å². The van der Waals surface area contributed by atoms with Gasteiger partial charge in [0.05, 0.1) is 5.69 Å². The van der Waals surface area contributed by atoms with Gasteiger partial charge in [0.2, 0.25) is 0 Å². The van der Waals surface area contributed by atoms with Crippen LogP contribution >= 0.6 is 0 Å². The first-order valence-electron chi connectivity index (χ1n) is 6.08. The molecule has 0 saturated heterocycles. The first-order chi connectivity index (χ1) is 8.22. The highest BCUT2D eigenvalue weighted by atomic mass is 15.3. The lowest BCUT2D eigenvalue weighted by Crippen LogP contribution is -2.07. The molecular weight excluding hydrogens is 212 g/mol. The van der Waals surface area contributed by atoms with Gasteiger partial charge in [-0.2, -0.15) is 10.4 Å². The molecule has 1 aromatic rings. The van der Waals surface area contributed by atoms with E-state index in [2.05, 4.69) is 22.6 Å². The first-order valence-corrected chi connectivity index (χ1v) is 6.08. The molecule has 90 valence electrons. The number of allylic oxidation sites excluding steroid dienone is 1. The quantitative estimate of drug-likeness (QED) is 0.809. The van der Waals surface area contributed by atoms with Crippen LogP contribution in [0.5, 0.6) is 0 Å². The van der Waals surface area contributed by atoms with Gasteiger partial charge in [-0.05, 0) is 32.6 Å². The third-order valence-electron chi connectivity index (χ3n) is 3.21. The molecule has 0 aromatic carbocycles. The Balaban J connectivity index is 1.97. The SMILES string of the molecule is Cc1nn(C)c(NCCC2=CCCC2)c1C#N. The molecule has 0 amide bonds. The second-order valence-corrected chi connectivity index (χ2v) is 4.48. The highest BCUT2D eigenvalue weighted by Gasteiger charge is 2.12. The fourth-order valence-electron chi connectivity index (χ4n) is 2.30. The minimum absolute atomic E-state index is 0.660. The van der Waals surface area contributed by atoms with E-state index in [-0.39, 0.29) is 0 Å². The lowest BCUT2D eigenvalue weighted by molar-refractivity contribution is 0.755. The minimum atomic E-state index is 0.660. The van der Waals surface area contributed by atoms with E-state index in [1.807, 2.05) is 14.0 Å². The van der Waals surface area contributed by atoms with Gasteiger partial charge in [-0.1, -0.05) is 11.6 Å². The number of nitrogens with zero attached hydrogens (tertiary/aromatic N) is 3. The maximum Gasteiger partial charge on any atom is 0.142 e. The number of anilines is 1. The zero-order valence-corrected chi connectivity index (χ0v) is 10.5. The van der Waals surface area contributed by atoms with Crippen molar-refractivity contribution in [1.29, 1.82) is 5.26 Å². The fraction of sp³-hybridized carbons (Fsp3) is 0.538. The van der Waals surface area contributed by atoms with E-state index in [1.165, 1.54) is 24.8 Å². The molecule has 1 N–H and O–H groups in total. The average Bonchev–Trinajstić information content (AvgIpc) is 2.88. The summed E-state index contributed by atoms with van der Waals surface area (Å²) in [6, 6.07) is 2.20. The minimum Gasteiger partial charge on any atom is -0.369 e. The maximum atomic E-state index is 9.07. The van der Waals surface area contributed by atoms with Crippen molar-refractivity contribution in [3.63, 3.8) is 0 Å². The van der Waals surface area contributed by atoms with Crippen LogP contribution in [0.4, 0.5) is 5.82 Å². The van der Waals surface area contributed by atoms with Crippen molar-refractivity contribution < 1.29 is 0 Å². The molecule has 1 aliphatic rings. The maximum absolute atomic E-state index is 9.07. The number of nitriles is 1.